The zero-order valence-electron chi connectivity index (χ0n) is 14.5. The van der Waals surface area contributed by atoms with E-state index in [0.29, 0.717) is 24.5 Å². The Morgan fingerprint density at radius 2 is 2.12 bits per heavy atom. The molecule has 1 unspecified atom stereocenters. The van der Waals surface area contributed by atoms with Crippen molar-refractivity contribution in [3.05, 3.63) is 42.6 Å². The summed E-state index contributed by atoms with van der Waals surface area (Å²) in [6, 6.07) is 3.49. The van der Waals surface area contributed by atoms with Gasteiger partial charge in [0, 0.05) is 39.2 Å². The maximum Gasteiger partial charge on any atom is 0.255 e. The first kappa shape index (κ1) is 17.1. The molecule has 132 valence electrons. The summed E-state index contributed by atoms with van der Waals surface area (Å²) in [7, 11) is 3.35. The van der Waals surface area contributed by atoms with Gasteiger partial charge in [0.2, 0.25) is 0 Å². The molecule has 1 fully saturated rings. The van der Waals surface area contributed by atoms with Crippen molar-refractivity contribution in [3.63, 3.8) is 0 Å². The van der Waals surface area contributed by atoms with Crippen LogP contribution < -0.4 is 0 Å². The van der Waals surface area contributed by atoms with E-state index in [4.69, 9.17) is 4.74 Å². The highest BCUT2D eigenvalue weighted by Crippen LogP contribution is 2.21. The minimum atomic E-state index is -1.03. The fourth-order valence-corrected chi connectivity index (χ4v) is 2.89. The number of imidazole rings is 1. The molecule has 8 heteroatoms. The standard InChI is InChI=1S/C17H21N5O3/c1-17(16(24)20(2)3)11-21(8-9-25-17)15(23)13-4-5-14(19-10-13)22-7-6-18-12-22/h4-7,10,12H,8-9,11H2,1-3H3. The Hall–Kier alpha value is -2.74. The SMILES string of the molecule is CN(C)C(=O)C1(C)CN(C(=O)c2ccc(-n3ccnc3)nc2)CCO1. The van der Waals surface area contributed by atoms with Crippen molar-refractivity contribution in [1.29, 1.82) is 0 Å². The fourth-order valence-electron chi connectivity index (χ4n) is 2.89. The van der Waals surface area contributed by atoms with Gasteiger partial charge in [-0.1, -0.05) is 0 Å². The number of carbonyl (C=O) groups excluding carboxylic acids is 2. The van der Waals surface area contributed by atoms with Gasteiger partial charge in [0.25, 0.3) is 11.8 Å². The van der Waals surface area contributed by atoms with Crippen LogP contribution in [0.5, 0.6) is 0 Å². The van der Waals surface area contributed by atoms with E-state index in [1.165, 1.54) is 11.1 Å². The lowest BCUT2D eigenvalue weighted by Crippen LogP contribution is -2.59. The largest absolute Gasteiger partial charge is 0.362 e. The summed E-state index contributed by atoms with van der Waals surface area (Å²) in [5, 5.41) is 0. The molecule has 1 atom stereocenters. The number of morpholine rings is 1. The van der Waals surface area contributed by atoms with Gasteiger partial charge in [0.05, 0.1) is 18.7 Å². The third kappa shape index (κ3) is 3.39. The van der Waals surface area contributed by atoms with Gasteiger partial charge in [-0.25, -0.2) is 9.97 Å². The first-order chi connectivity index (χ1) is 11.9. The average Bonchev–Trinajstić information content (AvgIpc) is 3.15. The lowest BCUT2D eigenvalue weighted by atomic mass is 10.0. The maximum absolute atomic E-state index is 12.8. The number of hydrogen-bond acceptors (Lipinski definition) is 5. The van der Waals surface area contributed by atoms with Crippen LogP contribution in [0.25, 0.3) is 5.82 Å². The molecule has 3 rings (SSSR count). The zero-order valence-corrected chi connectivity index (χ0v) is 14.5. The number of nitrogens with zero attached hydrogens (tertiary/aromatic N) is 5. The highest BCUT2D eigenvalue weighted by atomic mass is 16.5. The molecule has 0 aliphatic carbocycles. The van der Waals surface area contributed by atoms with Crippen LogP contribution in [0.4, 0.5) is 0 Å². The number of amides is 2. The van der Waals surface area contributed by atoms with Gasteiger partial charge in [0.15, 0.2) is 5.60 Å². The second kappa shape index (κ2) is 6.64. The lowest BCUT2D eigenvalue weighted by molar-refractivity contribution is -0.162. The summed E-state index contributed by atoms with van der Waals surface area (Å²) < 4.78 is 7.42. The Labute approximate surface area is 146 Å². The van der Waals surface area contributed by atoms with Gasteiger partial charge in [0.1, 0.15) is 12.1 Å². The number of pyridine rings is 1. The van der Waals surface area contributed by atoms with E-state index in [9.17, 15) is 9.59 Å². The van der Waals surface area contributed by atoms with Gasteiger partial charge in [-0.3, -0.25) is 14.2 Å². The van der Waals surface area contributed by atoms with Crippen LogP contribution in [0.1, 0.15) is 17.3 Å². The van der Waals surface area contributed by atoms with Crippen LogP contribution in [0.15, 0.2) is 37.1 Å². The monoisotopic (exact) mass is 343 g/mol. The summed E-state index contributed by atoms with van der Waals surface area (Å²) in [6.45, 7) is 2.70. The van der Waals surface area contributed by atoms with Crippen molar-refractivity contribution >= 4 is 11.8 Å². The van der Waals surface area contributed by atoms with Crippen LogP contribution >= 0.6 is 0 Å². The second-order valence-electron chi connectivity index (χ2n) is 6.38. The molecule has 2 aromatic rings. The number of aromatic nitrogens is 3. The van der Waals surface area contributed by atoms with Crippen molar-refractivity contribution in [2.24, 2.45) is 0 Å². The molecule has 0 bridgehead atoms. The van der Waals surface area contributed by atoms with Crippen LogP contribution in [-0.4, -0.2) is 75.5 Å². The van der Waals surface area contributed by atoms with Crippen molar-refractivity contribution in [2.75, 3.05) is 33.8 Å². The predicted molar refractivity (Wildman–Crippen MR) is 90.3 cm³/mol. The molecular formula is C17H21N5O3. The normalized spacial score (nSPS) is 20.4. The molecule has 0 N–H and O–H groups in total. The molecule has 25 heavy (non-hydrogen) atoms. The van der Waals surface area contributed by atoms with Crippen molar-refractivity contribution in [1.82, 2.24) is 24.3 Å². The molecule has 1 saturated heterocycles. The van der Waals surface area contributed by atoms with E-state index < -0.39 is 5.60 Å². The van der Waals surface area contributed by atoms with E-state index in [1.54, 1.807) is 61.3 Å². The first-order valence-electron chi connectivity index (χ1n) is 8.00. The lowest BCUT2D eigenvalue weighted by Gasteiger charge is -2.40. The van der Waals surface area contributed by atoms with Crippen LogP contribution in [0, 0.1) is 0 Å². The highest BCUT2D eigenvalue weighted by Gasteiger charge is 2.41. The van der Waals surface area contributed by atoms with Crippen LogP contribution in [0.2, 0.25) is 0 Å². The molecule has 0 spiro atoms. The summed E-state index contributed by atoms with van der Waals surface area (Å²) in [5.41, 5.74) is -0.549. The summed E-state index contributed by atoms with van der Waals surface area (Å²) in [5.74, 6) is 0.369. The Bertz CT molecular complexity index is 757. The number of ether oxygens (including phenoxy) is 1. The number of carbonyl (C=O) groups is 2. The topological polar surface area (TPSA) is 80.6 Å². The van der Waals surface area contributed by atoms with E-state index in [1.807, 2.05) is 0 Å². The number of hydrogen-bond donors (Lipinski definition) is 0. The Balaban J connectivity index is 1.75. The van der Waals surface area contributed by atoms with E-state index in [-0.39, 0.29) is 18.4 Å². The molecule has 2 aromatic heterocycles. The average molecular weight is 343 g/mol. The molecule has 8 nitrogen and oxygen atoms in total. The van der Waals surface area contributed by atoms with E-state index in [0.717, 1.165) is 0 Å². The molecule has 1 aliphatic rings. The van der Waals surface area contributed by atoms with Crippen LogP contribution in [-0.2, 0) is 9.53 Å². The minimum absolute atomic E-state index is 0.154. The summed E-state index contributed by atoms with van der Waals surface area (Å²) in [4.78, 5) is 36.5. The Morgan fingerprint density at radius 1 is 1.32 bits per heavy atom. The van der Waals surface area contributed by atoms with Gasteiger partial charge in [-0.15, -0.1) is 0 Å². The quantitative estimate of drug-likeness (QED) is 0.815. The predicted octanol–water partition coefficient (Wildman–Crippen LogP) is 0.587. The highest BCUT2D eigenvalue weighted by molar-refractivity contribution is 5.95. The number of rotatable bonds is 3. The first-order valence-corrected chi connectivity index (χ1v) is 8.00. The minimum Gasteiger partial charge on any atom is -0.362 e. The molecule has 0 radical (unpaired) electrons. The van der Waals surface area contributed by atoms with Gasteiger partial charge < -0.3 is 14.5 Å². The van der Waals surface area contributed by atoms with Crippen molar-refractivity contribution in [2.45, 2.75) is 12.5 Å². The second-order valence-corrected chi connectivity index (χ2v) is 6.38. The van der Waals surface area contributed by atoms with Gasteiger partial charge in [-0.05, 0) is 19.1 Å². The molecular weight excluding hydrogens is 322 g/mol. The Morgan fingerprint density at radius 3 is 2.72 bits per heavy atom. The van der Waals surface area contributed by atoms with Crippen LogP contribution in [0.3, 0.4) is 0 Å². The third-order valence-corrected chi connectivity index (χ3v) is 4.18. The van der Waals surface area contributed by atoms with Gasteiger partial charge in [-0.2, -0.15) is 0 Å². The third-order valence-electron chi connectivity index (χ3n) is 4.18. The van der Waals surface area contributed by atoms with Gasteiger partial charge >= 0.3 is 0 Å². The zero-order chi connectivity index (χ0) is 18.0. The smallest absolute Gasteiger partial charge is 0.255 e. The molecule has 1 aliphatic heterocycles. The molecule has 2 amide bonds. The Kier molecular flexibility index (Phi) is 4.54. The molecule has 0 aromatic carbocycles. The van der Waals surface area contributed by atoms with Crippen molar-refractivity contribution in [3.8, 4) is 5.82 Å². The molecule has 3 heterocycles. The van der Waals surface area contributed by atoms with Crippen molar-refractivity contribution < 1.29 is 14.3 Å². The summed E-state index contributed by atoms with van der Waals surface area (Å²) in [6.07, 6.45) is 6.63. The molecule has 0 saturated carbocycles. The van der Waals surface area contributed by atoms with E-state index >= 15 is 0 Å². The fraction of sp³-hybridized carbons (Fsp3) is 0.412. The summed E-state index contributed by atoms with van der Waals surface area (Å²) >= 11 is 0. The van der Waals surface area contributed by atoms with E-state index in [2.05, 4.69) is 9.97 Å². The number of likely N-dealkylation sites (N-methyl/N-ethyl adjacent to an activating group) is 1. The maximum atomic E-state index is 12.8.